The zero-order valence-corrected chi connectivity index (χ0v) is 19.4. The van der Waals surface area contributed by atoms with Gasteiger partial charge in [0.05, 0.1) is 11.8 Å². The van der Waals surface area contributed by atoms with Crippen molar-refractivity contribution in [3.05, 3.63) is 35.9 Å². The fraction of sp³-hybridized carbons (Fsp3) is 0.565. The van der Waals surface area contributed by atoms with Crippen LogP contribution in [0.2, 0.25) is 0 Å². The van der Waals surface area contributed by atoms with Crippen LogP contribution in [0.5, 0.6) is 0 Å². The number of carbonyl (C=O) groups excluding carboxylic acids is 2. The molecule has 0 radical (unpaired) electrons. The van der Waals surface area contributed by atoms with Crippen molar-refractivity contribution in [1.82, 2.24) is 20.2 Å². The van der Waals surface area contributed by atoms with Gasteiger partial charge in [0.2, 0.25) is 24.0 Å². The molecule has 0 spiro atoms. The maximum Gasteiger partial charge on any atom is 0.249 e. The number of hydrogen-bond donors (Lipinski definition) is 2. The summed E-state index contributed by atoms with van der Waals surface area (Å²) in [5, 5.41) is 18.6. The van der Waals surface area contributed by atoms with Crippen molar-refractivity contribution in [3.63, 3.8) is 0 Å². The van der Waals surface area contributed by atoms with Gasteiger partial charge in [-0.25, -0.2) is 5.48 Å². The van der Waals surface area contributed by atoms with E-state index in [0.29, 0.717) is 37.9 Å². The largest absolute Gasteiger partial charge is 0.342 e. The summed E-state index contributed by atoms with van der Waals surface area (Å²) in [6.07, 6.45) is 3.26. The SMILES string of the molecule is N#CN=C(N1CCSCC1)N1CC[C@H](C(=O)N2CC[C@H](c3ccccc3)C2)[C@@H](C(=O)NO)C1. The molecule has 0 unspecified atom stereocenters. The van der Waals surface area contributed by atoms with Crippen LogP contribution in [0.1, 0.15) is 24.3 Å². The standard InChI is InChI=1S/C23H30N6O3S/c24-16-25-23(27-10-12-33-13-11-27)29-9-7-19(20(15-29)21(30)26-32)22(31)28-8-6-18(14-28)17-4-2-1-3-5-17/h1-5,18-20,32H,6-15H2,(H,26,30)/t18-,19-,20-/m0/s1. The van der Waals surface area contributed by atoms with E-state index in [1.54, 1.807) is 5.48 Å². The Balaban J connectivity index is 1.47. The summed E-state index contributed by atoms with van der Waals surface area (Å²) in [4.78, 5) is 36.0. The predicted molar refractivity (Wildman–Crippen MR) is 125 cm³/mol. The zero-order chi connectivity index (χ0) is 23.2. The number of aliphatic imine (C=N–C) groups is 1. The van der Waals surface area contributed by atoms with Gasteiger partial charge in [-0.2, -0.15) is 17.0 Å². The molecule has 0 aliphatic carbocycles. The summed E-state index contributed by atoms with van der Waals surface area (Å²) >= 11 is 1.86. The van der Waals surface area contributed by atoms with Gasteiger partial charge in [0.25, 0.3) is 0 Å². The van der Waals surface area contributed by atoms with Gasteiger partial charge in [0.15, 0.2) is 0 Å². The highest BCUT2D eigenvalue weighted by Crippen LogP contribution is 2.32. The predicted octanol–water partition coefficient (Wildman–Crippen LogP) is 1.33. The highest BCUT2D eigenvalue weighted by Gasteiger charge is 2.43. The lowest BCUT2D eigenvalue weighted by atomic mass is 9.83. The topological polar surface area (TPSA) is 112 Å². The van der Waals surface area contributed by atoms with Crippen LogP contribution in [0.4, 0.5) is 0 Å². The van der Waals surface area contributed by atoms with Crippen molar-refractivity contribution in [2.24, 2.45) is 16.8 Å². The van der Waals surface area contributed by atoms with Gasteiger partial charge in [-0.3, -0.25) is 14.8 Å². The van der Waals surface area contributed by atoms with Gasteiger partial charge in [-0.15, -0.1) is 4.99 Å². The number of carbonyl (C=O) groups is 2. The minimum Gasteiger partial charge on any atom is -0.342 e. The fourth-order valence-corrected chi connectivity index (χ4v) is 6.02. The smallest absolute Gasteiger partial charge is 0.249 e. The van der Waals surface area contributed by atoms with Gasteiger partial charge in [0, 0.05) is 56.7 Å². The molecule has 3 saturated heterocycles. The summed E-state index contributed by atoms with van der Waals surface area (Å²) in [7, 11) is 0. The number of piperidine rings is 1. The monoisotopic (exact) mass is 470 g/mol. The molecule has 0 bridgehead atoms. The lowest BCUT2D eigenvalue weighted by Gasteiger charge is -2.42. The number of benzene rings is 1. The Hall–Kier alpha value is -2.77. The van der Waals surface area contributed by atoms with Crippen LogP contribution in [-0.4, -0.2) is 88.5 Å². The average molecular weight is 471 g/mol. The van der Waals surface area contributed by atoms with Crippen LogP contribution in [0.3, 0.4) is 0 Å². The van der Waals surface area contributed by atoms with E-state index in [4.69, 9.17) is 0 Å². The molecule has 3 heterocycles. The molecule has 4 rings (SSSR count). The number of amides is 2. The number of nitriles is 1. The van der Waals surface area contributed by atoms with E-state index in [2.05, 4.69) is 22.0 Å². The molecule has 176 valence electrons. The Bertz CT molecular complexity index is 915. The summed E-state index contributed by atoms with van der Waals surface area (Å²) in [5.74, 6) is 0.946. The number of hydroxylamine groups is 1. The lowest BCUT2D eigenvalue weighted by Crippen LogP contribution is -2.57. The highest BCUT2D eigenvalue weighted by molar-refractivity contribution is 7.99. The molecule has 2 amide bonds. The number of thioether (sulfide) groups is 1. The van der Waals surface area contributed by atoms with Crippen LogP contribution in [0.15, 0.2) is 35.3 Å². The fourth-order valence-electron chi connectivity index (χ4n) is 5.12. The van der Waals surface area contributed by atoms with E-state index in [1.165, 1.54) is 5.56 Å². The highest BCUT2D eigenvalue weighted by atomic mass is 32.2. The quantitative estimate of drug-likeness (QED) is 0.225. The van der Waals surface area contributed by atoms with Crippen molar-refractivity contribution in [1.29, 1.82) is 5.26 Å². The van der Waals surface area contributed by atoms with Crippen LogP contribution in [0.25, 0.3) is 0 Å². The Morgan fingerprint density at radius 3 is 2.42 bits per heavy atom. The first-order chi connectivity index (χ1) is 16.1. The molecule has 0 saturated carbocycles. The van der Waals surface area contributed by atoms with Gasteiger partial charge < -0.3 is 14.7 Å². The van der Waals surface area contributed by atoms with Crippen LogP contribution in [-0.2, 0) is 9.59 Å². The Labute approximate surface area is 198 Å². The molecular weight excluding hydrogens is 440 g/mol. The first-order valence-electron chi connectivity index (χ1n) is 11.4. The molecule has 3 fully saturated rings. The van der Waals surface area contributed by atoms with E-state index in [0.717, 1.165) is 31.0 Å². The molecule has 3 aliphatic heterocycles. The molecular formula is C23H30N6O3S. The first-order valence-corrected chi connectivity index (χ1v) is 12.6. The number of rotatable bonds is 3. The molecule has 33 heavy (non-hydrogen) atoms. The minimum absolute atomic E-state index is 0.0326. The normalized spacial score (nSPS) is 26.1. The molecule has 3 aliphatic rings. The third-order valence-corrected chi connectivity index (χ3v) is 7.82. The second-order valence-electron chi connectivity index (χ2n) is 8.72. The molecule has 1 aromatic carbocycles. The summed E-state index contributed by atoms with van der Waals surface area (Å²) < 4.78 is 0. The average Bonchev–Trinajstić information content (AvgIpc) is 3.37. The Morgan fingerprint density at radius 2 is 1.73 bits per heavy atom. The number of nitrogens with one attached hydrogen (secondary N) is 1. The third kappa shape index (κ3) is 5.25. The van der Waals surface area contributed by atoms with E-state index in [1.807, 2.05) is 46.0 Å². The maximum absolute atomic E-state index is 13.5. The molecule has 1 aromatic rings. The van der Waals surface area contributed by atoms with Crippen molar-refractivity contribution in [2.75, 3.05) is 50.8 Å². The second-order valence-corrected chi connectivity index (χ2v) is 9.94. The molecule has 0 aromatic heterocycles. The third-order valence-electron chi connectivity index (χ3n) is 6.87. The van der Waals surface area contributed by atoms with Crippen LogP contribution >= 0.6 is 11.8 Å². The Morgan fingerprint density at radius 1 is 1.00 bits per heavy atom. The van der Waals surface area contributed by atoms with Crippen LogP contribution < -0.4 is 5.48 Å². The van der Waals surface area contributed by atoms with Gasteiger partial charge in [-0.05, 0) is 18.4 Å². The molecule has 10 heteroatoms. The van der Waals surface area contributed by atoms with Gasteiger partial charge in [-0.1, -0.05) is 30.3 Å². The minimum atomic E-state index is -0.713. The van der Waals surface area contributed by atoms with Crippen molar-refractivity contribution < 1.29 is 14.8 Å². The zero-order valence-electron chi connectivity index (χ0n) is 18.6. The Kier molecular flexibility index (Phi) is 7.73. The number of likely N-dealkylation sites (tertiary alicyclic amines) is 2. The van der Waals surface area contributed by atoms with E-state index in [-0.39, 0.29) is 12.5 Å². The number of hydrogen-bond acceptors (Lipinski definition) is 6. The number of nitrogens with zero attached hydrogens (tertiary/aromatic N) is 5. The summed E-state index contributed by atoms with van der Waals surface area (Å²) in [6, 6.07) is 10.2. The van der Waals surface area contributed by atoms with Crippen LogP contribution in [0, 0.1) is 23.3 Å². The number of guanidine groups is 1. The molecule has 3 atom stereocenters. The van der Waals surface area contributed by atoms with Gasteiger partial charge >= 0.3 is 0 Å². The summed E-state index contributed by atoms with van der Waals surface area (Å²) in [6.45, 7) is 3.65. The maximum atomic E-state index is 13.5. The lowest BCUT2D eigenvalue weighted by molar-refractivity contribution is -0.147. The summed E-state index contributed by atoms with van der Waals surface area (Å²) in [5.41, 5.74) is 2.98. The van der Waals surface area contributed by atoms with E-state index in [9.17, 15) is 20.1 Å². The van der Waals surface area contributed by atoms with Gasteiger partial charge in [0.1, 0.15) is 0 Å². The van der Waals surface area contributed by atoms with E-state index >= 15 is 0 Å². The van der Waals surface area contributed by atoms with E-state index < -0.39 is 17.7 Å². The second kappa shape index (κ2) is 10.9. The molecule has 9 nitrogen and oxygen atoms in total. The van der Waals surface area contributed by atoms with Crippen molar-refractivity contribution in [2.45, 2.75) is 18.8 Å². The van der Waals surface area contributed by atoms with Crippen molar-refractivity contribution >= 4 is 29.5 Å². The van der Waals surface area contributed by atoms with Crippen molar-refractivity contribution in [3.8, 4) is 6.19 Å². The first kappa shape index (κ1) is 23.4. The molecule has 2 N–H and O–H groups in total.